The lowest BCUT2D eigenvalue weighted by Gasteiger charge is -2.30. The normalized spacial score (nSPS) is 12.5. The molecule has 3 aromatic rings. The number of nitriles is 1. The quantitative estimate of drug-likeness (QED) is 0.588. The molecule has 0 amide bonds. The monoisotopic (exact) mass is 408 g/mol. The Hall–Kier alpha value is -3.50. The minimum absolute atomic E-state index is 0.442. The summed E-state index contributed by atoms with van der Waals surface area (Å²) in [7, 11) is 3.06. The first kappa shape index (κ1) is 20.2. The molecule has 2 N–H and O–H groups in total. The Kier molecular flexibility index (Phi) is 5.76. The van der Waals surface area contributed by atoms with Crippen molar-refractivity contribution in [3.05, 3.63) is 65.0 Å². The molecule has 148 valence electrons. The van der Waals surface area contributed by atoms with Gasteiger partial charge in [0.2, 0.25) is 0 Å². The van der Waals surface area contributed by atoms with Crippen LogP contribution in [0.15, 0.2) is 53.9 Å². The van der Waals surface area contributed by atoms with Gasteiger partial charge in [0.15, 0.2) is 17.0 Å². The second-order valence-corrected chi connectivity index (χ2v) is 7.42. The number of ether oxygens (including phenoxy) is 2. The van der Waals surface area contributed by atoms with Gasteiger partial charge >= 0.3 is 5.97 Å². The van der Waals surface area contributed by atoms with Gasteiger partial charge in [-0.05, 0) is 54.8 Å². The molecule has 0 saturated heterocycles. The Morgan fingerprint density at radius 2 is 1.79 bits per heavy atom. The molecule has 0 aliphatic carbocycles. The van der Waals surface area contributed by atoms with Crippen LogP contribution in [0.25, 0.3) is 10.4 Å². The van der Waals surface area contributed by atoms with Crippen LogP contribution < -0.4 is 14.8 Å². The Morgan fingerprint density at radius 1 is 1.14 bits per heavy atom. The van der Waals surface area contributed by atoms with E-state index in [-0.39, 0.29) is 0 Å². The van der Waals surface area contributed by atoms with Crippen molar-refractivity contribution < 1.29 is 19.4 Å². The lowest BCUT2D eigenvalue weighted by Crippen LogP contribution is -2.41. The van der Waals surface area contributed by atoms with Crippen molar-refractivity contribution in [3.8, 4) is 28.0 Å². The molecule has 0 bridgehead atoms. The number of hydrogen-bond acceptors (Lipinski definition) is 6. The summed E-state index contributed by atoms with van der Waals surface area (Å²) in [5.41, 5.74) is 0.893. The van der Waals surface area contributed by atoms with E-state index in [2.05, 4.69) is 11.4 Å². The van der Waals surface area contributed by atoms with Crippen LogP contribution in [0.4, 0.5) is 5.69 Å². The SMILES string of the molecule is COc1cc(-c2cccs2)c(C(C)(Nc2ccc(C#N)cc2)C(=O)O)cc1OC. The largest absolute Gasteiger partial charge is 0.493 e. The standard InChI is InChI=1S/C22H20N2O4S/c1-22(21(25)26,24-15-8-6-14(13-23)7-9-15)17-12-19(28-3)18(27-2)11-16(17)20-5-4-10-29-20/h4-12,24H,1-3H3,(H,25,26). The number of benzene rings is 2. The van der Waals surface area contributed by atoms with Crippen molar-refractivity contribution in [2.24, 2.45) is 0 Å². The molecular formula is C22H20N2O4S. The fourth-order valence-corrected chi connectivity index (χ4v) is 3.84. The van der Waals surface area contributed by atoms with Gasteiger partial charge in [0.1, 0.15) is 0 Å². The van der Waals surface area contributed by atoms with Crippen LogP contribution in [0, 0.1) is 11.3 Å². The van der Waals surface area contributed by atoms with E-state index < -0.39 is 11.5 Å². The predicted octanol–water partition coefficient (Wildman–Crippen LogP) is 4.72. The summed E-state index contributed by atoms with van der Waals surface area (Å²) in [6.07, 6.45) is 0. The Morgan fingerprint density at radius 3 is 2.31 bits per heavy atom. The van der Waals surface area contributed by atoms with Crippen molar-refractivity contribution in [2.75, 3.05) is 19.5 Å². The van der Waals surface area contributed by atoms with Crippen LogP contribution >= 0.6 is 11.3 Å². The molecular weight excluding hydrogens is 388 g/mol. The molecule has 1 aromatic heterocycles. The Labute approximate surface area is 173 Å². The van der Waals surface area contributed by atoms with Gasteiger partial charge in [-0.1, -0.05) is 6.07 Å². The summed E-state index contributed by atoms with van der Waals surface area (Å²) >= 11 is 1.51. The molecule has 6 nitrogen and oxygen atoms in total. The van der Waals surface area contributed by atoms with Gasteiger partial charge in [0, 0.05) is 21.7 Å². The molecule has 0 saturated carbocycles. The molecule has 0 aliphatic rings. The first-order chi connectivity index (χ1) is 13.9. The Bertz CT molecular complexity index is 1060. The number of aliphatic carboxylic acids is 1. The minimum Gasteiger partial charge on any atom is -0.493 e. The van der Waals surface area contributed by atoms with Gasteiger partial charge in [0.05, 0.1) is 25.9 Å². The van der Waals surface area contributed by atoms with Crippen LogP contribution in [0.2, 0.25) is 0 Å². The van der Waals surface area contributed by atoms with E-state index in [1.165, 1.54) is 18.4 Å². The van der Waals surface area contributed by atoms with Gasteiger partial charge in [-0.2, -0.15) is 5.26 Å². The van der Waals surface area contributed by atoms with E-state index in [0.717, 1.165) is 10.4 Å². The van der Waals surface area contributed by atoms with Crippen molar-refractivity contribution in [2.45, 2.75) is 12.5 Å². The summed E-state index contributed by atoms with van der Waals surface area (Å²) in [6.45, 7) is 1.60. The van der Waals surface area contributed by atoms with Crippen LogP contribution in [-0.4, -0.2) is 25.3 Å². The zero-order chi connectivity index (χ0) is 21.0. The number of methoxy groups -OCH3 is 2. The molecule has 1 atom stereocenters. The smallest absolute Gasteiger partial charge is 0.333 e. The first-order valence-corrected chi connectivity index (χ1v) is 9.63. The summed E-state index contributed by atoms with van der Waals surface area (Å²) in [6, 6.07) is 16.0. The van der Waals surface area contributed by atoms with Gasteiger partial charge in [-0.3, -0.25) is 0 Å². The van der Waals surface area contributed by atoms with Crippen molar-refractivity contribution in [1.29, 1.82) is 5.26 Å². The summed E-state index contributed by atoms with van der Waals surface area (Å²) < 4.78 is 10.9. The van der Waals surface area contributed by atoms with Gasteiger partial charge in [-0.15, -0.1) is 11.3 Å². The average Bonchev–Trinajstić information content (AvgIpc) is 3.27. The molecule has 1 heterocycles. The fourth-order valence-electron chi connectivity index (χ4n) is 3.08. The number of nitrogens with one attached hydrogen (secondary N) is 1. The molecule has 0 fully saturated rings. The fraction of sp³-hybridized carbons (Fsp3) is 0.182. The molecule has 0 spiro atoms. The first-order valence-electron chi connectivity index (χ1n) is 8.75. The van der Waals surface area contributed by atoms with E-state index in [0.29, 0.717) is 28.3 Å². The van der Waals surface area contributed by atoms with Crippen molar-refractivity contribution in [3.63, 3.8) is 0 Å². The van der Waals surface area contributed by atoms with E-state index >= 15 is 0 Å². The highest BCUT2D eigenvalue weighted by molar-refractivity contribution is 7.13. The van der Waals surface area contributed by atoms with Crippen molar-refractivity contribution >= 4 is 23.0 Å². The lowest BCUT2D eigenvalue weighted by atomic mass is 9.86. The summed E-state index contributed by atoms with van der Waals surface area (Å²) in [5, 5.41) is 24.2. The highest BCUT2D eigenvalue weighted by Crippen LogP contribution is 2.43. The number of anilines is 1. The number of rotatable bonds is 7. The van der Waals surface area contributed by atoms with E-state index in [1.807, 2.05) is 17.5 Å². The average molecular weight is 408 g/mol. The number of hydrogen-bond donors (Lipinski definition) is 2. The van der Waals surface area contributed by atoms with Gasteiger partial charge < -0.3 is 19.9 Å². The zero-order valence-electron chi connectivity index (χ0n) is 16.2. The van der Waals surface area contributed by atoms with Crippen molar-refractivity contribution in [1.82, 2.24) is 0 Å². The predicted molar refractivity (Wildman–Crippen MR) is 113 cm³/mol. The molecule has 0 aliphatic heterocycles. The van der Waals surface area contributed by atoms with E-state index in [1.54, 1.807) is 50.4 Å². The van der Waals surface area contributed by atoms with Crippen LogP contribution in [-0.2, 0) is 10.3 Å². The molecule has 0 radical (unpaired) electrons. The third-order valence-electron chi connectivity index (χ3n) is 4.69. The summed E-state index contributed by atoms with van der Waals surface area (Å²) in [5.74, 6) is -0.0884. The van der Waals surface area contributed by atoms with Crippen LogP contribution in [0.3, 0.4) is 0 Å². The van der Waals surface area contributed by atoms with E-state index in [9.17, 15) is 9.90 Å². The third kappa shape index (κ3) is 3.89. The molecule has 29 heavy (non-hydrogen) atoms. The highest BCUT2D eigenvalue weighted by atomic mass is 32.1. The molecule has 1 unspecified atom stereocenters. The lowest BCUT2D eigenvalue weighted by molar-refractivity contribution is -0.142. The van der Waals surface area contributed by atoms with Crippen LogP contribution in [0.1, 0.15) is 18.1 Å². The third-order valence-corrected chi connectivity index (χ3v) is 5.59. The zero-order valence-corrected chi connectivity index (χ0v) is 17.0. The number of nitrogens with zero attached hydrogens (tertiary/aromatic N) is 1. The van der Waals surface area contributed by atoms with Gasteiger partial charge in [-0.25, -0.2) is 4.79 Å². The Balaban J connectivity index is 2.19. The van der Waals surface area contributed by atoms with Crippen LogP contribution in [0.5, 0.6) is 11.5 Å². The topological polar surface area (TPSA) is 91.6 Å². The number of carboxylic acid groups (broad SMARTS) is 1. The number of carbonyl (C=O) groups is 1. The maximum absolute atomic E-state index is 12.4. The number of thiophene rings is 1. The second kappa shape index (κ2) is 8.25. The second-order valence-electron chi connectivity index (χ2n) is 6.47. The minimum atomic E-state index is -1.47. The molecule has 3 rings (SSSR count). The molecule has 7 heteroatoms. The summed E-state index contributed by atoms with van der Waals surface area (Å²) in [4.78, 5) is 13.4. The van der Waals surface area contributed by atoms with Gasteiger partial charge in [0.25, 0.3) is 0 Å². The highest BCUT2D eigenvalue weighted by Gasteiger charge is 2.38. The maximum Gasteiger partial charge on any atom is 0.333 e. The number of carboxylic acids is 1. The maximum atomic E-state index is 12.4. The van der Waals surface area contributed by atoms with E-state index in [4.69, 9.17) is 14.7 Å². The molecule has 2 aromatic carbocycles.